The molecule has 4 aliphatic carbocycles. The summed E-state index contributed by atoms with van der Waals surface area (Å²) in [5, 5.41) is 54.9. The van der Waals surface area contributed by atoms with Crippen LogP contribution < -0.4 is 42.5 Å². The minimum absolute atomic E-state index is 0. The fourth-order valence-electron chi connectivity index (χ4n) is 12.0. The van der Waals surface area contributed by atoms with E-state index in [2.05, 4.69) is 42.5 Å². The first-order valence-electron chi connectivity index (χ1n) is 18.1. The monoisotopic (exact) mass is 647 g/mol. The van der Waals surface area contributed by atoms with Crippen LogP contribution in [0.4, 0.5) is 0 Å². The predicted octanol–water partition coefficient (Wildman–Crippen LogP) is 0.545. The molecule has 11 heteroatoms. The quantitative estimate of drug-likeness (QED) is 0.170. The predicted molar refractivity (Wildman–Crippen MR) is 160 cm³/mol. The van der Waals surface area contributed by atoms with Crippen molar-refractivity contribution in [2.75, 3.05) is 0 Å². The first-order chi connectivity index (χ1) is 20.6. The Balaban J connectivity index is 0.00000278. The van der Waals surface area contributed by atoms with Crippen LogP contribution in [0.2, 0.25) is 0 Å². The Morgan fingerprint density at radius 1 is 0.326 bits per heavy atom. The summed E-state index contributed by atoms with van der Waals surface area (Å²) in [6.07, 6.45) is 17.9. The largest absolute Gasteiger partial charge is 0.390 e. The van der Waals surface area contributed by atoms with E-state index in [1.54, 1.807) is 0 Å². The zero-order chi connectivity index (χ0) is 27.9. The molecule has 8 bridgehead atoms. The average molecular weight is 648 g/mol. The number of aliphatic hydroxyl groups excluding tert-OH is 2. The molecule has 18 atom stereocenters. The molecule has 0 spiro atoms. The topological polar surface area (TPSA) is 137 Å². The van der Waals surface area contributed by atoms with Crippen LogP contribution in [-0.2, 0) is 17.1 Å². The first kappa shape index (κ1) is 30.5. The van der Waals surface area contributed by atoms with Crippen molar-refractivity contribution in [1.29, 1.82) is 0 Å². The number of hydrogen-bond donors (Lipinski definition) is 10. The van der Waals surface area contributed by atoms with Gasteiger partial charge in [0.15, 0.2) is 0 Å². The van der Waals surface area contributed by atoms with Gasteiger partial charge in [-0.1, -0.05) is 38.5 Å². The van der Waals surface area contributed by atoms with Crippen molar-refractivity contribution >= 4 is 0 Å². The van der Waals surface area contributed by atoms with E-state index in [4.69, 9.17) is 0 Å². The molecule has 4 saturated carbocycles. The van der Waals surface area contributed by atoms with Crippen LogP contribution in [0.1, 0.15) is 89.9 Å². The number of nitrogens with one attached hydrogen (secondary N) is 8. The average Bonchev–Trinajstić information content (AvgIpc) is 3.74. The molecule has 9 fully saturated rings. The molecule has 10 N–H and O–H groups in total. The fraction of sp³-hybridized carbons (Fsp3) is 1.00. The van der Waals surface area contributed by atoms with Gasteiger partial charge in [0, 0.05) is 23.0 Å². The Morgan fingerprint density at radius 3 is 0.930 bits per heavy atom. The second kappa shape index (κ2) is 12.3. The summed E-state index contributed by atoms with van der Waals surface area (Å²) in [6, 6.07) is 0. The summed E-state index contributed by atoms with van der Waals surface area (Å²) < 4.78 is 0. The molecule has 10 nitrogen and oxygen atoms in total. The molecule has 1 radical (unpaired) electrons. The minimum Gasteiger partial charge on any atom is -0.390 e. The zero-order valence-corrected chi connectivity index (χ0v) is 26.4. The Kier molecular flexibility index (Phi) is 8.70. The molecule has 0 amide bonds. The Morgan fingerprint density at radius 2 is 0.605 bits per heavy atom. The van der Waals surface area contributed by atoms with E-state index < -0.39 is 12.2 Å². The van der Waals surface area contributed by atoms with E-state index in [0.29, 0.717) is 72.5 Å². The van der Waals surface area contributed by atoms with Crippen molar-refractivity contribution in [3.8, 4) is 0 Å². The van der Waals surface area contributed by atoms with Gasteiger partial charge in [-0.05, 0) is 92.8 Å². The van der Waals surface area contributed by atoms with Crippen molar-refractivity contribution in [3.63, 3.8) is 0 Å². The molecule has 247 valence electrons. The summed E-state index contributed by atoms with van der Waals surface area (Å²) in [6.45, 7) is 0. The molecule has 5 heterocycles. The van der Waals surface area contributed by atoms with Crippen LogP contribution in [0, 0.1) is 47.3 Å². The first-order valence-corrected chi connectivity index (χ1v) is 18.1. The van der Waals surface area contributed by atoms with Gasteiger partial charge in [-0.3, -0.25) is 42.5 Å². The van der Waals surface area contributed by atoms with Gasteiger partial charge in [0.1, 0.15) is 0 Å². The van der Waals surface area contributed by atoms with Gasteiger partial charge in [0.2, 0.25) is 0 Å². The van der Waals surface area contributed by atoms with E-state index in [1.165, 1.54) is 77.0 Å². The molecular formula is C32H56CuN8O2. The van der Waals surface area contributed by atoms with Crippen LogP contribution in [-0.4, -0.2) is 71.7 Å². The molecular weight excluding hydrogens is 592 g/mol. The van der Waals surface area contributed by atoms with Gasteiger partial charge in [-0.15, -0.1) is 0 Å². The Bertz CT molecular complexity index is 995. The van der Waals surface area contributed by atoms with E-state index >= 15 is 0 Å². The summed E-state index contributed by atoms with van der Waals surface area (Å²) >= 11 is 0. The van der Waals surface area contributed by atoms with Crippen molar-refractivity contribution in [2.24, 2.45) is 47.3 Å². The third-order valence-electron chi connectivity index (χ3n) is 14.0. The molecule has 43 heavy (non-hydrogen) atoms. The molecule has 9 aliphatic rings. The van der Waals surface area contributed by atoms with E-state index in [0.717, 1.165) is 6.42 Å². The van der Waals surface area contributed by atoms with Crippen molar-refractivity contribution in [3.05, 3.63) is 0 Å². The third-order valence-corrected chi connectivity index (χ3v) is 14.0. The molecule has 5 saturated heterocycles. The SMILES string of the molecule is OC1CCC2C3NC4NC(NC5NC(NC6NC(NC(N3)C2C1O)C1CCCCC61)C1CCCCC51)C1CCCCC41.[Cu]. The molecule has 18 unspecified atom stereocenters. The van der Waals surface area contributed by atoms with Crippen LogP contribution in [0.25, 0.3) is 0 Å². The van der Waals surface area contributed by atoms with Crippen molar-refractivity contribution in [1.82, 2.24) is 42.5 Å². The maximum Gasteiger partial charge on any atom is 0.0858 e. The number of fused-ring (bicyclic) bond motifs is 20. The van der Waals surface area contributed by atoms with Gasteiger partial charge in [0.25, 0.3) is 0 Å². The summed E-state index contributed by atoms with van der Waals surface area (Å²) in [5.41, 5.74) is 0. The molecule has 9 rings (SSSR count). The molecule has 0 aromatic carbocycles. The normalized spacial score (nSPS) is 57.6. The van der Waals surface area contributed by atoms with Crippen LogP contribution in [0.3, 0.4) is 0 Å². The van der Waals surface area contributed by atoms with Gasteiger partial charge < -0.3 is 10.2 Å². The second-order valence-corrected chi connectivity index (χ2v) is 15.9. The van der Waals surface area contributed by atoms with E-state index in [9.17, 15) is 10.2 Å². The fourth-order valence-corrected chi connectivity index (χ4v) is 12.0. The number of hydrogen-bond acceptors (Lipinski definition) is 10. The minimum atomic E-state index is -0.698. The molecule has 0 aromatic heterocycles. The van der Waals surface area contributed by atoms with Crippen LogP contribution in [0.15, 0.2) is 0 Å². The number of aliphatic hydroxyl groups is 2. The van der Waals surface area contributed by atoms with Crippen molar-refractivity contribution in [2.45, 2.75) is 151 Å². The maximum absolute atomic E-state index is 11.4. The van der Waals surface area contributed by atoms with Crippen LogP contribution >= 0.6 is 0 Å². The Hall–Kier alpha value is 0.119. The van der Waals surface area contributed by atoms with E-state index in [-0.39, 0.29) is 47.6 Å². The van der Waals surface area contributed by atoms with Gasteiger partial charge in [-0.2, -0.15) is 0 Å². The summed E-state index contributed by atoms with van der Waals surface area (Å²) in [7, 11) is 0. The summed E-state index contributed by atoms with van der Waals surface area (Å²) in [4.78, 5) is 0. The van der Waals surface area contributed by atoms with E-state index in [1.807, 2.05) is 0 Å². The third kappa shape index (κ3) is 5.21. The molecule has 0 aromatic rings. The van der Waals surface area contributed by atoms with Crippen molar-refractivity contribution < 1.29 is 27.3 Å². The summed E-state index contributed by atoms with van der Waals surface area (Å²) in [5.74, 6) is 4.14. The molecule has 5 aliphatic heterocycles. The maximum atomic E-state index is 11.4. The van der Waals surface area contributed by atoms with Gasteiger partial charge in [0.05, 0.1) is 61.5 Å². The second-order valence-electron chi connectivity index (χ2n) is 15.9. The Labute approximate surface area is 268 Å². The smallest absolute Gasteiger partial charge is 0.0858 e. The zero-order valence-electron chi connectivity index (χ0n) is 25.5. The van der Waals surface area contributed by atoms with Crippen LogP contribution in [0.5, 0.6) is 0 Å². The standard InChI is InChI=1S/C32H56N8O2.Cu/c41-22-14-13-21-23(24(22)42)32-39-30-20-12-6-5-11-19(20)28(37-30)35-26-16-8-2-1-7-15(16)25(33-26)34-27-17-9-3-4-10-18(17)29(36-27)38-31(21)40-32;/h15-42H,1-14H2;. The van der Waals surface area contributed by atoms with Gasteiger partial charge >= 0.3 is 0 Å². The van der Waals surface area contributed by atoms with Gasteiger partial charge in [-0.25, -0.2) is 0 Å². The number of rotatable bonds is 0.